The van der Waals surface area contributed by atoms with Gasteiger partial charge in [0.25, 0.3) is 0 Å². The molecule has 1 rings (SSSR count). The number of hydrogen-bond donors (Lipinski definition) is 0. The number of hydrogen-bond acceptors (Lipinski definition) is 1. The van der Waals surface area contributed by atoms with Crippen molar-refractivity contribution in [1.82, 2.24) is 0 Å². The first-order chi connectivity index (χ1) is 6.43. The lowest BCUT2D eigenvalue weighted by molar-refractivity contribution is 0.301. The first-order valence-electron chi connectivity index (χ1n) is 4.67. The van der Waals surface area contributed by atoms with Gasteiger partial charge in [0.15, 0.2) is 0 Å². The maximum atomic E-state index is 11.7. The van der Waals surface area contributed by atoms with Crippen molar-refractivity contribution in [2.75, 3.05) is 13.3 Å². The average Bonchev–Trinajstić information content (AvgIpc) is 2.19. The Morgan fingerprint density at radius 2 is 1.77 bits per heavy atom. The van der Waals surface area contributed by atoms with Crippen LogP contribution in [0.25, 0.3) is 0 Å². The van der Waals surface area contributed by atoms with E-state index < -0.39 is 0 Å². The summed E-state index contributed by atoms with van der Waals surface area (Å²) in [6, 6.07) is 9.69. The standard InChI is InChI=1S/C11H15FO/c12-9-5-2-6-10-13-11-7-3-1-4-8-11/h1,3-4,7-8H,2,5-6,9-10H2. The molecular weight excluding hydrogens is 167 g/mol. The maximum absolute atomic E-state index is 11.7. The fourth-order valence-electron chi connectivity index (χ4n) is 1.08. The van der Waals surface area contributed by atoms with Crippen LogP contribution >= 0.6 is 0 Å². The van der Waals surface area contributed by atoms with E-state index in [2.05, 4.69) is 0 Å². The van der Waals surface area contributed by atoms with Gasteiger partial charge in [-0.3, -0.25) is 4.39 Å². The fourth-order valence-corrected chi connectivity index (χ4v) is 1.08. The highest BCUT2D eigenvalue weighted by molar-refractivity contribution is 5.20. The molecule has 0 fully saturated rings. The van der Waals surface area contributed by atoms with Crippen LogP contribution in [0, 0.1) is 0 Å². The largest absolute Gasteiger partial charge is 0.494 e. The van der Waals surface area contributed by atoms with E-state index in [-0.39, 0.29) is 6.67 Å². The van der Waals surface area contributed by atoms with E-state index in [9.17, 15) is 4.39 Å². The summed E-state index contributed by atoms with van der Waals surface area (Å²) in [7, 11) is 0. The number of benzene rings is 1. The molecule has 2 heteroatoms. The Morgan fingerprint density at radius 1 is 1.00 bits per heavy atom. The lowest BCUT2D eigenvalue weighted by Crippen LogP contribution is -1.96. The molecule has 72 valence electrons. The molecule has 0 N–H and O–H groups in total. The van der Waals surface area contributed by atoms with Gasteiger partial charge in [0.1, 0.15) is 5.75 Å². The second kappa shape index (κ2) is 6.46. The molecule has 1 nitrogen and oxygen atoms in total. The van der Waals surface area contributed by atoms with Crippen LogP contribution in [-0.4, -0.2) is 13.3 Å². The Labute approximate surface area is 78.5 Å². The lowest BCUT2D eigenvalue weighted by Gasteiger charge is -2.04. The van der Waals surface area contributed by atoms with Gasteiger partial charge in [-0.05, 0) is 31.4 Å². The first-order valence-corrected chi connectivity index (χ1v) is 4.67. The third-order valence-corrected chi connectivity index (χ3v) is 1.79. The van der Waals surface area contributed by atoms with Crippen LogP contribution in [0.15, 0.2) is 30.3 Å². The smallest absolute Gasteiger partial charge is 0.119 e. The van der Waals surface area contributed by atoms with E-state index in [0.29, 0.717) is 13.0 Å². The van der Waals surface area contributed by atoms with Crippen LogP contribution in [0.4, 0.5) is 4.39 Å². The van der Waals surface area contributed by atoms with Crippen molar-refractivity contribution in [1.29, 1.82) is 0 Å². The zero-order valence-corrected chi connectivity index (χ0v) is 7.71. The maximum Gasteiger partial charge on any atom is 0.119 e. The van der Waals surface area contributed by atoms with E-state index in [0.717, 1.165) is 18.6 Å². The summed E-state index contributed by atoms with van der Waals surface area (Å²) in [6.45, 7) is 0.468. The van der Waals surface area contributed by atoms with E-state index in [1.807, 2.05) is 30.3 Å². The predicted octanol–water partition coefficient (Wildman–Crippen LogP) is 3.21. The summed E-state index contributed by atoms with van der Waals surface area (Å²) in [4.78, 5) is 0. The molecule has 0 radical (unpaired) electrons. The zero-order chi connectivity index (χ0) is 9.36. The zero-order valence-electron chi connectivity index (χ0n) is 7.71. The van der Waals surface area contributed by atoms with Gasteiger partial charge < -0.3 is 4.74 Å². The Kier molecular flexibility index (Phi) is 4.99. The molecule has 0 saturated carbocycles. The van der Waals surface area contributed by atoms with Crippen molar-refractivity contribution in [2.24, 2.45) is 0 Å². The normalized spacial score (nSPS) is 9.92. The lowest BCUT2D eigenvalue weighted by atomic mass is 10.2. The van der Waals surface area contributed by atoms with Crippen molar-refractivity contribution in [3.63, 3.8) is 0 Å². The molecular formula is C11H15FO. The monoisotopic (exact) mass is 182 g/mol. The van der Waals surface area contributed by atoms with Gasteiger partial charge in [0.2, 0.25) is 0 Å². The number of ether oxygens (including phenoxy) is 1. The Hall–Kier alpha value is -1.05. The van der Waals surface area contributed by atoms with E-state index >= 15 is 0 Å². The van der Waals surface area contributed by atoms with Crippen LogP contribution in [0.1, 0.15) is 19.3 Å². The molecule has 0 amide bonds. The topological polar surface area (TPSA) is 9.23 Å². The summed E-state index contributed by atoms with van der Waals surface area (Å²) in [5.41, 5.74) is 0. The molecule has 0 aromatic heterocycles. The summed E-state index contributed by atoms with van der Waals surface area (Å²) >= 11 is 0. The minimum absolute atomic E-state index is 0.217. The van der Waals surface area contributed by atoms with Crippen LogP contribution in [-0.2, 0) is 0 Å². The van der Waals surface area contributed by atoms with E-state index in [1.54, 1.807) is 0 Å². The molecule has 0 saturated heterocycles. The van der Waals surface area contributed by atoms with Crippen LogP contribution in [0.2, 0.25) is 0 Å². The van der Waals surface area contributed by atoms with Gasteiger partial charge in [-0.1, -0.05) is 18.2 Å². The molecule has 13 heavy (non-hydrogen) atoms. The average molecular weight is 182 g/mol. The van der Waals surface area contributed by atoms with Crippen LogP contribution in [0.3, 0.4) is 0 Å². The van der Waals surface area contributed by atoms with E-state index in [4.69, 9.17) is 4.74 Å². The first kappa shape index (κ1) is 10.0. The quantitative estimate of drug-likeness (QED) is 0.614. The van der Waals surface area contributed by atoms with Gasteiger partial charge in [-0.15, -0.1) is 0 Å². The van der Waals surface area contributed by atoms with Gasteiger partial charge in [0, 0.05) is 0 Å². The second-order valence-electron chi connectivity index (χ2n) is 2.91. The Morgan fingerprint density at radius 3 is 2.46 bits per heavy atom. The Bertz CT molecular complexity index is 211. The molecule has 0 aliphatic carbocycles. The van der Waals surface area contributed by atoms with Crippen LogP contribution < -0.4 is 4.74 Å². The number of alkyl halides is 1. The number of unbranched alkanes of at least 4 members (excludes halogenated alkanes) is 2. The number of para-hydroxylation sites is 1. The second-order valence-corrected chi connectivity index (χ2v) is 2.91. The molecule has 0 bridgehead atoms. The van der Waals surface area contributed by atoms with Crippen molar-refractivity contribution in [2.45, 2.75) is 19.3 Å². The molecule has 0 spiro atoms. The minimum atomic E-state index is -0.217. The highest BCUT2D eigenvalue weighted by atomic mass is 19.1. The minimum Gasteiger partial charge on any atom is -0.494 e. The van der Waals surface area contributed by atoms with E-state index in [1.165, 1.54) is 0 Å². The number of halogens is 1. The van der Waals surface area contributed by atoms with Gasteiger partial charge in [-0.25, -0.2) is 0 Å². The fraction of sp³-hybridized carbons (Fsp3) is 0.455. The molecule has 1 aromatic rings. The van der Waals surface area contributed by atoms with Crippen molar-refractivity contribution < 1.29 is 9.13 Å². The van der Waals surface area contributed by atoms with Gasteiger partial charge >= 0.3 is 0 Å². The van der Waals surface area contributed by atoms with Crippen molar-refractivity contribution in [3.8, 4) is 5.75 Å². The summed E-state index contributed by atoms with van der Waals surface area (Å²) in [5, 5.41) is 0. The molecule has 0 aliphatic rings. The SMILES string of the molecule is FCCCCCOc1ccccc1. The predicted molar refractivity (Wildman–Crippen MR) is 51.8 cm³/mol. The summed E-state index contributed by atoms with van der Waals surface area (Å²) < 4.78 is 17.1. The summed E-state index contributed by atoms with van der Waals surface area (Å²) in [5.74, 6) is 0.891. The highest BCUT2D eigenvalue weighted by Gasteiger charge is 1.91. The molecule has 0 unspecified atom stereocenters. The van der Waals surface area contributed by atoms with Crippen LogP contribution in [0.5, 0.6) is 5.75 Å². The highest BCUT2D eigenvalue weighted by Crippen LogP contribution is 2.09. The summed E-state index contributed by atoms with van der Waals surface area (Å²) in [6.07, 6.45) is 2.49. The molecule has 0 heterocycles. The third kappa shape index (κ3) is 4.51. The van der Waals surface area contributed by atoms with Crippen molar-refractivity contribution in [3.05, 3.63) is 30.3 Å². The molecule has 0 aliphatic heterocycles. The van der Waals surface area contributed by atoms with Crippen molar-refractivity contribution >= 4 is 0 Å². The molecule has 0 atom stereocenters. The third-order valence-electron chi connectivity index (χ3n) is 1.79. The van der Waals surface area contributed by atoms with Gasteiger partial charge in [0.05, 0.1) is 13.3 Å². The molecule has 1 aromatic carbocycles. The number of rotatable bonds is 6. The van der Waals surface area contributed by atoms with Gasteiger partial charge in [-0.2, -0.15) is 0 Å². The Balaban J connectivity index is 2.07.